The van der Waals surface area contributed by atoms with E-state index in [1.165, 1.54) is 6.20 Å². The van der Waals surface area contributed by atoms with Crippen molar-refractivity contribution in [2.24, 2.45) is 0 Å². The van der Waals surface area contributed by atoms with E-state index in [-0.39, 0.29) is 5.65 Å². The standard InChI is InChI=1S/C8H5BrF3N3/c1-3-4(9)2-13-6-5(3)14-7(15-6)8(10,11)12/h2H,1H3,(H,13,14,15). The normalized spacial score (nSPS) is 12.3. The lowest BCUT2D eigenvalue weighted by Crippen LogP contribution is -2.06. The van der Waals surface area contributed by atoms with Crippen molar-refractivity contribution in [1.82, 2.24) is 15.0 Å². The van der Waals surface area contributed by atoms with Crippen molar-refractivity contribution in [1.29, 1.82) is 0 Å². The van der Waals surface area contributed by atoms with Gasteiger partial charge in [-0.25, -0.2) is 9.97 Å². The number of alkyl halides is 3. The smallest absolute Gasteiger partial charge is 0.333 e. The number of hydrogen-bond acceptors (Lipinski definition) is 2. The molecule has 15 heavy (non-hydrogen) atoms. The van der Waals surface area contributed by atoms with Gasteiger partial charge < -0.3 is 4.98 Å². The Kier molecular flexibility index (Phi) is 2.22. The molecule has 0 saturated carbocycles. The Morgan fingerprint density at radius 3 is 2.67 bits per heavy atom. The van der Waals surface area contributed by atoms with Crippen molar-refractivity contribution in [2.45, 2.75) is 13.1 Å². The van der Waals surface area contributed by atoms with E-state index in [2.05, 4.69) is 30.9 Å². The van der Waals surface area contributed by atoms with Crippen LogP contribution in [0.3, 0.4) is 0 Å². The number of nitrogens with zero attached hydrogens (tertiary/aromatic N) is 2. The van der Waals surface area contributed by atoms with E-state index in [0.29, 0.717) is 15.6 Å². The minimum absolute atomic E-state index is 0.0722. The van der Waals surface area contributed by atoms with Crippen molar-refractivity contribution in [2.75, 3.05) is 0 Å². The van der Waals surface area contributed by atoms with Gasteiger partial charge in [-0.2, -0.15) is 13.2 Å². The summed E-state index contributed by atoms with van der Waals surface area (Å²) < 4.78 is 37.6. The second-order valence-corrected chi connectivity index (χ2v) is 3.87. The zero-order valence-corrected chi connectivity index (χ0v) is 9.07. The maximum absolute atomic E-state index is 12.3. The molecular formula is C8H5BrF3N3. The molecule has 2 aromatic heterocycles. The Hall–Kier alpha value is -1.11. The van der Waals surface area contributed by atoms with Gasteiger partial charge in [-0.15, -0.1) is 0 Å². The summed E-state index contributed by atoms with van der Waals surface area (Å²) in [5.41, 5.74) is 1.03. The van der Waals surface area contributed by atoms with E-state index in [0.717, 1.165) is 0 Å². The van der Waals surface area contributed by atoms with Gasteiger partial charge in [0.15, 0.2) is 5.65 Å². The van der Waals surface area contributed by atoms with Crippen LogP contribution in [0.25, 0.3) is 11.2 Å². The summed E-state index contributed by atoms with van der Waals surface area (Å²) in [5, 5.41) is 0. The fourth-order valence-corrected chi connectivity index (χ4v) is 1.49. The monoisotopic (exact) mass is 279 g/mol. The predicted octanol–water partition coefficient (Wildman–Crippen LogP) is 3.05. The fraction of sp³-hybridized carbons (Fsp3) is 0.250. The quantitative estimate of drug-likeness (QED) is 0.805. The molecule has 0 atom stereocenters. The molecule has 0 saturated heterocycles. The number of fused-ring (bicyclic) bond motifs is 1. The van der Waals surface area contributed by atoms with Gasteiger partial charge in [-0.05, 0) is 28.4 Å². The molecule has 80 valence electrons. The molecule has 2 rings (SSSR count). The lowest BCUT2D eigenvalue weighted by atomic mass is 10.3. The van der Waals surface area contributed by atoms with Crippen LogP contribution in [0, 0.1) is 6.92 Å². The number of H-pyrrole nitrogens is 1. The first-order valence-electron chi connectivity index (χ1n) is 3.97. The molecule has 3 nitrogen and oxygen atoms in total. The first kappa shape index (κ1) is 10.4. The van der Waals surface area contributed by atoms with Crippen molar-refractivity contribution in [3.05, 3.63) is 22.1 Å². The summed E-state index contributed by atoms with van der Waals surface area (Å²) in [7, 11) is 0. The lowest BCUT2D eigenvalue weighted by molar-refractivity contribution is -0.144. The van der Waals surface area contributed by atoms with E-state index in [1.807, 2.05) is 0 Å². The van der Waals surface area contributed by atoms with Gasteiger partial charge in [0.25, 0.3) is 0 Å². The molecule has 0 fully saturated rings. The molecule has 7 heteroatoms. The van der Waals surface area contributed by atoms with Gasteiger partial charge in [-0.1, -0.05) is 0 Å². The SMILES string of the molecule is Cc1c(Br)cnc2nc(C(F)(F)F)[nH]c12. The van der Waals surface area contributed by atoms with Crippen LogP contribution in [0.5, 0.6) is 0 Å². The third-order valence-electron chi connectivity index (χ3n) is 1.99. The van der Waals surface area contributed by atoms with Crippen LogP contribution < -0.4 is 0 Å². The summed E-state index contributed by atoms with van der Waals surface area (Å²) in [4.78, 5) is 9.38. The molecule has 0 aliphatic heterocycles. The van der Waals surface area contributed by atoms with E-state index < -0.39 is 12.0 Å². The summed E-state index contributed by atoms with van der Waals surface area (Å²) in [6.45, 7) is 1.69. The van der Waals surface area contributed by atoms with E-state index >= 15 is 0 Å². The molecule has 2 aromatic rings. The minimum Gasteiger partial charge on any atom is -0.333 e. The summed E-state index contributed by atoms with van der Waals surface area (Å²) in [6, 6.07) is 0. The molecule has 2 heterocycles. The molecule has 0 aliphatic rings. The summed E-state index contributed by atoms with van der Waals surface area (Å²) >= 11 is 3.18. The average Bonchev–Trinajstić information content (AvgIpc) is 2.55. The highest BCUT2D eigenvalue weighted by molar-refractivity contribution is 9.10. The first-order valence-corrected chi connectivity index (χ1v) is 4.77. The second-order valence-electron chi connectivity index (χ2n) is 3.01. The zero-order valence-electron chi connectivity index (χ0n) is 7.48. The molecule has 0 aromatic carbocycles. The van der Waals surface area contributed by atoms with Gasteiger partial charge in [0.2, 0.25) is 5.82 Å². The third-order valence-corrected chi connectivity index (χ3v) is 2.79. The van der Waals surface area contributed by atoms with Crippen LogP contribution in [0.15, 0.2) is 10.7 Å². The number of aromatic amines is 1. The molecule has 0 radical (unpaired) electrons. The van der Waals surface area contributed by atoms with Crippen molar-refractivity contribution < 1.29 is 13.2 Å². The van der Waals surface area contributed by atoms with Gasteiger partial charge in [0, 0.05) is 10.7 Å². The van der Waals surface area contributed by atoms with Crippen molar-refractivity contribution in [3.63, 3.8) is 0 Å². The molecular weight excluding hydrogens is 275 g/mol. The molecule has 0 bridgehead atoms. The second kappa shape index (κ2) is 3.19. The Morgan fingerprint density at radius 2 is 2.07 bits per heavy atom. The van der Waals surface area contributed by atoms with Crippen LogP contribution in [0.4, 0.5) is 13.2 Å². The largest absolute Gasteiger partial charge is 0.449 e. The zero-order chi connectivity index (χ0) is 11.2. The number of imidazole rings is 1. The van der Waals surface area contributed by atoms with E-state index in [9.17, 15) is 13.2 Å². The third kappa shape index (κ3) is 1.71. The summed E-state index contributed by atoms with van der Waals surface area (Å²) in [6.07, 6.45) is -3.04. The van der Waals surface area contributed by atoms with Gasteiger partial charge in [-0.3, -0.25) is 0 Å². The molecule has 1 N–H and O–H groups in total. The highest BCUT2D eigenvalue weighted by Gasteiger charge is 2.35. The van der Waals surface area contributed by atoms with Gasteiger partial charge in [0.05, 0.1) is 5.52 Å². The maximum atomic E-state index is 12.3. The van der Waals surface area contributed by atoms with Crippen molar-refractivity contribution >= 4 is 27.1 Å². The highest BCUT2D eigenvalue weighted by atomic mass is 79.9. The number of nitrogens with one attached hydrogen (secondary N) is 1. The lowest BCUT2D eigenvalue weighted by Gasteiger charge is -1.99. The van der Waals surface area contributed by atoms with Gasteiger partial charge >= 0.3 is 6.18 Å². The number of pyridine rings is 1. The number of aryl methyl sites for hydroxylation is 1. The van der Waals surface area contributed by atoms with Crippen LogP contribution in [0.1, 0.15) is 11.4 Å². The van der Waals surface area contributed by atoms with Crippen molar-refractivity contribution in [3.8, 4) is 0 Å². The number of hydrogen-bond donors (Lipinski definition) is 1. The molecule has 0 spiro atoms. The Morgan fingerprint density at radius 1 is 1.40 bits per heavy atom. The number of halogens is 4. The Bertz CT molecular complexity index is 518. The van der Waals surface area contributed by atoms with Crippen LogP contribution in [0.2, 0.25) is 0 Å². The molecule has 0 amide bonds. The molecule has 0 unspecified atom stereocenters. The average molecular weight is 280 g/mol. The van der Waals surface area contributed by atoms with Gasteiger partial charge in [0.1, 0.15) is 0 Å². The first-order chi connectivity index (χ1) is 6.89. The highest BCUT2D eigenvalue weighted by Crippen LogP contribution is 2.30. The van der Waals surface area contributed by atoms with Crippen LogP contribution in [-0.4, -0.2) is 15.0 Å². The van der Waals surface area contributed by atoms with Crippen LogP contribution in [-0.2, 0) is 6.18 Å². The van der Waals surface area contributed by atoms with E-state index in [1.54, 1.807) is 6.92 Å². The Labute approximate surface area is 90.9 Å². The van der Waals surface area contributed by atoms with E-state index in [4.69, 9.17) is 0 Å². The number of rotatable bonds is 0. The Balaban J connectivity index is 2.72. The predicted molar refractivity (Wildman–Crippen MR) is 51.3 cm³/mol. The topological polar surface area (TPSA) is 41.6 Å². The number of aromatic nitrogens is 3. The maximum Gasteiger partial charge on any atom is 0.449 e. The van der Waals surface area contributed by atoms with Crippen LogP contribution >= 0.6 is 15.9 Å². The minimum atomic E-state index is -4.47. The fourth-order valence-electron chi connectivity index (χ4n) is 1.19. The molecule has 0 aliphatic carbocycles. The summed E-state index contributed by atoms with van der Waals surface area (Å²) in [5.74, 6) is -1.02.